The van der Waals surface area contributed by atoms with Crippen molar-refractivity contribution in [2.75, 3.05) is 6.61 Å². The molecule has 4 heteroatoms. The van der Waals surface area contributed by atoms with Gasteiger partial charge in [-0.3, -0.25) is 0 Å². The number of carbonyl (C=O) groups excluding carboxylic acids is 1. The fraction of sp³-hybridized carbons (Fsp3) is 0.750. The first-order valence-corrected chi connectivity index (χ1v) is 2.14. The molecule has 0 saturated heterocycles. The predicted octanol–water partition coefficient (Wildman–Crippen LogP) is -2.10. The number of aldehydes is 1. The van der Waals surface area contributed by atoms with Crippen molar-refractivity contribution in [1.82, 2.24) is 0 Å². The van der Waals surface area contributed by atoms with Gasteiger partial charge in [0.1, 0.15) is 12.2 Å². The Morgan fingerprint density at radius 2 is 2.00 bits per heavy atom. The highest BCUT2D eigenvalue weighted by Gasteiger charge is 2.12. The average molecular weight is 120 g/mol. The van der Waals surface area contributed by atoms with Crippen LogP contribution in [0, 0.1) is 0 Å². The molecule has 0 aliphatic carbocycles. The predicted molar refractivity (Wildman–Crippen MR) is 25.2 cm³/mol. The molecular formula is C4H8O4. The molecule has 3 N–H and O–H groups in total. The highest BCUT2D eigenvalue weighted by Crippen LogP contribution is 1.85. The zero-order valence-electron chi connectivity index (χ0n) is 4.19. The van der Waals surface area contributed by atoms with Crippen LogP contribution in [0.15, 0.2) is 0 Å². The molecule has 0 fully saturated rings. The summed E-state index contributed by atoms with van der Waals surface area (Å²) in [5, 5.41) is 24.8. The standard InChI is InChI=1S/C4H8O4/c5-1-3(7)4(8)2-6/h1,3-4,6-8H,2H2/t3-,4+/m1/s1. The molecule has 0 bridgehead atoms. The van der Waals surface area contributed by atoms with Crippen molar-refractivity contribution in [2.24, 2.45) is 0 Å². The van der Waals surface area contributed by atoms with Crippen LogP contribution in [0.3, 0.4) is 0 Å². The molecule has 0 amide bonds. The first-order valence-electron chi connectivity index (χ1n) is 2.14. The minimum absolute atomic E-state index is 0.168. The van der Waals surface area contributed by atoms with E-state index in [2.05, 4.69) is 0 Å². The van der Waals surface area contributed by atoms with Crippen LogP contribution < -0.4 is 0 Å². The lowest BCUT2D eigenvalue weighted by Crippen LogP contribution is -2.30. The van der Waals surface area contributed by atoms with Crippen molar-refractivity contribution in [3.05, 3.63) is 0 Å². The van der Waals surface area contributed by atoms with Crippen LogP contribution >= 0.6 is 0 Å². The van der Waals surface area contributed by atoms with E-state index in [1.54, 1.807) is 0 Å². The van der Waals surface area contributed by atoms with E-state index in [4.69, 9.17) is 15.3 Å². The van der Waals surface area contributed by atoms with Crippen molar-refractivity contribution >= 4 is 6.29 Å². The molecule has 0 spiro atoms. The SMILES string of the molecule is O=C[C@@H](O)[C@@H](O)CO. The van der Waals surface area contributed by atoms with Crippen molar-refractivity contribution < 1.29 is 20.1 Å². The number of aliphatic hydroxyl groups excluding tert-OH is 3. The van der Waals surface area contributed by atoms with Gasteiger partial charge in [0.15, 0.2) is 6.29 Å². The van der Waals surface area contributed by atoms with E-state index < -0.39 is 18.8 Å². The monoisotopic (exact) mass is 120 g/mol. The Morgan fingerprint density at radius 1 is 1.50 bits per heavy atom. The minimum atomic E-state index is -1.46. The quantitative estimate of drug-likeness (QED) is 0.373. The van der Waals surface area contributed by atoms with Crippen LogP contribution in [0.2, 0.25) is 0 Å². The van der Waals surface area contributed by atoms with Gasteiger partial charge in [0.2, 0.25) is 0 Å². The van der Waals surface area contributed by atoms with E-state index in [1.165, 1.54) is 0 Å². The van der Waals surface area contributed by atoms with Gasteiger partial charge in [-0.25, -0.2) is 0 Å². The average Bonchev–Trinajstić information content (AvgIpc) is 1.84. The molecule has 0 unspecified atom stereocenters. The van der Waals surface area contributed by atoms with Crippen LogP contribution in [0.1, 0.15) is 0 Å². The van der Waals surface area contributed by atoms with E-state index in [1.807, 2.05) is 0 Å². The topological polar surface area (TPSA) is 77.8 Å². The summed E-state index contributed by atoms with van der Waals surface area (Å²) in [6.45, 7) is -0.597. The Bertz CT molecular complexity index is 72.4. The Labute approximate surface area is 46.4 Å². The van der Waals surface area contributed by atoms with Gasteiger partial charge in [-0.15, -0.1) is 0 Å². The molecule has 0 heterocycles. The molecule has 8 heavy (non-hydrogen) atoms. The van der Waals surface area contributed by atoms with Gasteiger partial charge in [-0.1, -0.05) is 0 Å². The van der Waals surface area contributed by atoms with Gasteiger partial charge in [0, 0.05) is 0 Å². The van der Waals surface area contributed by atoms with Gasteiger partial charge < -0.3 is 20.1 Å². The lowest BCUT2D eigenvalue weighted by Gasteiger charge is -2.06. The Morgan fingerprint density at radius 3 is 2.12 bits per heavy atom. The Kier molecular flexibility index (Phi) is 3.34. The molecule has 0 aromatic heterocycles. The third-order valence-corrected chi connectivity index (χ3v) is 0.721. The van der Waals surface area contributed by atoms with Gasteiger partial charge in [-0.2, -0.15) is 0 Å². The summed E-state index contributed by atoms with van der Waals surface area (Å²) < 4.78 is 0. The lowest BCUT2D eigenvalue weighted by molar-refractivity contribution is -0.121. The fourth-order valence-corrected chi connectivity index (χ4v) is 0.199. The summed E-state index contributed by atoms with van der Waals surface area (Å²) in [5.41, 5.74) is 0. The normalized spacial score (nSPS) is 17.4. The molecule has 0 saturated carbocycles. The second kappa shape index (κ2) is 3.54. The summed E-state index contributed by atoms with van der Waals surface area (Å²) in [6.07, 6.45) is -2.63. The maximum atomic E-state index is 9.58. The summed E-state index contributed by atoms with van der Waals surface area (Å²) in [4.78, 5) is 9.58. The van der Waals surface area contributed by atoms with Crippen LogP contribution in [0.4, 0.5) is 0 Å². The second-order valence-electron chi connectivity index (χ2n) is 1.38. The molecule has 0 aromatic carbocycles. The van der Waals surface area contributed by atoms with Gasteiger partial charge in [-0.05, 0) is 0 Å². The van der Waals surface area contributed by atoms with Crippen molar-refractivity contribution in [3.8, 4) is 0 Å². The number of carbonyl (C=O) groups is 1. The van der Waals surface area contributed by atoms with Crippen LogP contribution in [-0.4, -0.2) is 40.4 Å². The Balaban J connectivity index is 3.44. The molecule has 0 rings (SSSR count). The third-order valence-electron chi connectivity index (χ3n) is 0.721. The van der Waals surface area contributed by atoms with E-state index in [0.29, 0.717) is 0 Å². The van der Waals surface area contributed by atoms with Gasteiger partial charge >= 0.3 is 0 Å². The molecule has 0 radical (unpaired) electrons. The smallest absolute Gasteiger partial charge is 0.151 e. The van der Waals surface area contributed by atoms with E-state index in [9.17, 15) is 4.79 Å². The molecule has 0 aliphatic rings. The number of hydrogen-bond acceptors (Lipinski definition) is 4. The fourth-order valence-electron chi connectivity index (χ4n) is 0.199. The largest absolute Gasteiger partial charge is 0.394 e. The maximum Gasteiger partial charge on any atom is 0.151 e. The zero-order valence-corrected chi connectivity index (χ0v) is 4.19. The van der Waals surface area contributed by atoms with Crippen molar-refractivity contribution in [3.63, 3.8) is 0 Å². The van der Waals surface area contributed by atoms with E-state index in [0.717, 1.165) is 0 Å². The Hall–Kier alpha value is -0.450. The summed E-state index contributed by atoms with van der Waals surface area (Å²) >= 11 is 0. The highest BCUT2D eigenvalue weighted by molar-refractivity contribution is 5.56. The summed E-state index contributed by atoms with van der Waals surface area (Å²) in [6, 6.07) is 0. The third kappa shape index (κ3) is 2.02. The molecule has 0 aromatic rings. The number of hydrogen-bond donors (Lipinski definition) is 3. The van der Waals surface area contributed by atoms with Gasteiger partial charge in [0.05, 0.1) is 6.61 Å². The van der Waals surface area contributed by atoms with E-state index >= 15 is 0 Å². The lowest BCUT2D eigenvalue weighted by atomic mass is 10.2. The molecule has 48 valence electrons. The summed E-state index contributed by atoms with van der Waals surface area (Å²) in [7, 11) is 0. The van der Waals surface area contributed by atoms with Crippen molar-refractivity contribution in [2.45, 2.75) is 12.2 Å². The zero-order chi connectivity index (χ0) is 6.57. The molecular weight excluding hydrogens is 112 g/mol. The number of aliphatic hydroxyl groups is 3. The molecule has 2 atom stereocenters. The van der Waals surface area contributed by atoms with Gasteiger partial charge in [0.25, 0.3) is 0 Å². The summed E-state index contributed by atoms with van der Waals surface area (Å²) in [5.74, 6) is 0. The van der Waals surface area contributed by atoms with Crippen LogP contribution in [-0.2, 0) is 4.79 Å². The first kappa shape index (κ1) is 7.55. The second-order valence-corrected chi connectivity index (χ2v) is 1.38. The number of rotatable bonds is 3. The minimum Gasteiger partial charge on any atom is -0.394 e. The van der Waals surface area contributed by atoms with E-state index in [-0.39, 0.29) is 6.29 Å². The molecule has 4 nitrogen and oxygen atoms in total. The molecule has 0 aliphatic heterocycles. The van der Waals surface area contributed by atoms with Crippen LogP contribution in [0.5, 0.6) is 0 Å². The first-order chi connectivity index (χ1) is 3.72. The maximum absolute atomic E-state index is 9.58. The van der Waals surface area contributed by atoms with Crippen molar-refractivity contribution in [1.29, 1.82) is 0 Å². The highest BCUT2D eigenvalue weighted by atomic mass is 16.4. The van der Waals surface area contributed by atoms with Crippen LogP contribution in [0.25, 0.3) is 0 Å².